The normalized spacial score (nSPS) is 15.3. The van der Waals surface area contributed by atoms with Crippen molar-refractivity contribution in [2.24, 2.45) is 7.05 Å². The number of rotatable bonds is 0. The third-order valence-corrected chi connectivity index (χ3v) is 5.45. The minimum Gasteiger partial charge on any atom is -0.467 e. The number of benzene rings is 1. The Balaban J connectivity index is 1.81. The van der Waals surface area contributed by atoms with Gasteiger partial charge in [0.15, 0.2) is 5.82 Å². The predicted molar refractivity (Wildman–Crippen MR) is 109 cm³/mol. The van der Waals surface area contributed by atoms with Crippen molar-refractivity contribution in [2.75, 3.05) is 5.73 Å². The zero-order valence-electron chi connectivity index (χ0n) is 16.8. The molecule has 30 heavy (non-hydrogen) atoms. The van der Waals surface area contributed by atoms with E-state index >= 15 is 0 Å². The zero-order chi connectivity index (χ0) is 21.0. The quantitative estimate of drug-likeness (QED) is 0.482. The van der Waals surface area contributed by atoms with Gasteiger partial charge in [0.05, 0.1) is 24.1 Å². The van der Waals surface area contributed by atoms with Gasteiger partial charge in [-0.3, -0.25) is 4.68 Å². The highest BCUT2D eigenvalue weighted by Crippen LogP contribution is 2.35. The fourth-order valence-corrected chi connectivity index (χ4v) is 3.86. The summed E-state index contributed by atoms with van der Waals surface area (Å²) < 4.78 is 24.0. The summed E-state index contributed by atoms with van der Waals surface area (Å²) in [5.41, 5.74) is 10.7. The first-order chi connectivity index (χ1) is 14.4. The molecule has 0 radical (unpaired) electrons. The van der Waals surface area contributed by atoms with E-state index in [1.165, 1.54) is 12.1 Å². The monoisotopic (exact) mass is 405 g/mol. The van der Waals surface area contributed by atoms with Crippen molar-refractivity contribution in [1.29, 1.82) is 0 Å². The smallest absolute Gasteiger partial charge is 0.258 e. The zero-order valence-corrected chi connectivity index (χ0v) is 16.8. The maximum atomic E-state index is 14.1. The van der Waals surface area contributed by atoms with E-state index in [4.69, 9.17) is 10.5 Å². The van der Waals surface area contributed by atoms with Crippen LogP contribution in [0, 0.1) is 12.7 Å². The first-order valence-electron chi connectivity index (χ1n) is 9.55. The minimum absolute atomic E-state index is 0.171. The summed E-state index contributed by atoms with van der Waals surface area (Å²) in [6.07, 6.45) is 4.70. The molecule has 152 valence electrons. The molecule has 9 heteroatoms. The maximum Gasteiger partial charge on any atom is 0.258 e. The van der Waals surface area contributed by atoms with E-state index in [1.807, 2.05) is 36.3 Å². The van der Waals surface area contributed by atoms with Gasteiger partial charge >= 0.3 is 0 Å². The lowest BCUT2D eigenvalue weighted by molar-refractivity contribution is 0.218. The van der Waals surface area contributed by atoms with Crippen molar-refractivity contribution in [3.8, 4) is 28.5 Å². The van der Waals surface area contributed by atoms with E-state index in [0.717, 1.165) is 22.5 Å². The maximum absolute atomic E-state index is 14.1. The molecule has 8 nitrogen and oxygen atoms in total. The molecule has 0 unspecified atom stereocenters. The van der Waals surface area contributed by atoms with Crippen LogP contribution in [0.5, 0.6) is 5.88 Å². The Morgan fingerprint density at radius 2 is 2.10 bits per heavy atom. The van der Waals surface area contributed by atoms with Crippen molar-refractivity contribution in [3.63, 3.8) is 0 Å². The molecule has 2 N–H and O–H groups in total. The Bertz CT molecular complexity index is 1280. The molecule has 5 rings (SSSR count). The van der Waals surface area contributed by atoms with Gasteiger partial charge in [0.25, 0.3) is 5.88 Å². The fraction of sp³-hybridized carbons (Fsp3) is 0.238. The van der Waals surface area contributed by atoms with E-state index in [0.29, 0.717) is 23.6 Å². The molecule has 1 atom stereocenters. The summed E-state index contributed by atoms with van der Waals surface area (Å²) in [4.78, 5) is 13.4. The molecule has 4 aromatic rings. The number of hydrogen-bond donors (Lipinski definition) is 1. The van der Waals surface area contributed by atoms with Gasteiger partial charge < -0.3 is 15.0 Å². The number of nitrogens with zero attached hydrogens (tertiary/aromatic N) is 6. The largest absolute Gasteiger partial charge is 0.467 e. The average Bonchev–Trinajstić information content (AvgIpc) is 3.27. The lowest BCUT2D eigenvalue weighted by atomic mass is 10.0. The van der Waals surface area contributed by atoms with Crippen LogP contribution in [0.15, 0.2) is 36.8 Å². The number of nitrogens with two attached hydrogens (primary N) is 1. The van der Waals surface area contributed by atoms with E-state index in [1.54, 1.807) is 18.5 Å². The van der Waals surface area contributed by atoms with Crippen molar-refractivity contribution < 1.29 is 9.13 Å². The Hall–Kier alpha value is -3.75. The Morgan fingerprint density at radius 1 is 1.27 bits per heavy atom. The summed E-state index contributed by atoms with van der Waals surface area (Å²) in [6.45, 7) is 4.28. The number of imidazole rings is 1. The summed E-state index contributed by atoms with van der Waals surface area (Å²) in [5, 5.41) is 4.69. The van der Waals surface area contributed by atoms with Crippen LogP contribution >= 0.6 is 0 Å². The standard InChI is InChI=1S/C21H20FN7O/c1-11-18-16-9-25-19(23)21(26-16)30-12(2)15-8-13(22)4-5-14(15)20-24-6-7-29(20)10-17(18)27-28(11)3/h4-9,12H,10H2,1-3H3,(H2,23,25)/t12-/m0/s1. The van der Waals surface area contributed by atoms with E-state index < -0.39 is 6.10 Å². The number of aromatic nitrogens is 6. The molecule has 1 aromatic carbocycles. The van der Waals surface area contributed by atoms with Crippen LogP contribution in [0.2, 0.25) is 0 Å². The SMILES string of the molecule is Cc1c2c(nn1C)Cn1ccnc1-c1ccc(F)cc1[C@H](C)Oc1nc-2cnc1N. The van der Waals surface area contributed by atoms with Crippen LogP contribution < -0.4 is 10.5 Å². The van der Waals surface area contributed by atoms with Crippen molar-refractivity contribution in [1.82, 2.24) is 29.3 Å². The lowest BCUT2D eigenvalue weighted by Crippen LogP contribution is -2.12. The summed E-state index contributed by atoms with van der Waals surface area (Å²) in [6, 6.07) is 4.58. The molecule has 1 aliphatic heterocycles. The summed E-state index contributed by atoms with van der Waals surface area (Å²) in [7, 11) is 1.89. The fourth-order valence-electron chi connectivity index (χ4n) is 3.86. The molecule has 0 spiro atoms. The van der Waals surface area contributed by atoms with Gasteiger partial charge in [-0.2, -0.15) is 5.10 Å². The molecule has 0 fully saturated rings. The Labute approximate surface area is 172 Å². The van der Waals surface area contributed by atoms with Crippen molar-refractivity contribution in [3.05, 3.63) is 59.6 Å². The molecule has 0 amide bonds. The first kappa shape index (κ1) is 18.3. The topological polar surface area (TPSA) is 96.7 Å². The molecule has 0 saturated carbocycles. The van der Waals surface area contributed by atoms with Crippen LogP contribution in [0.3, 0.4) is 0 Å². The van der Waals surface area contributed by atoms with Crippen LogP contribution in [-0.4, -0.2) is 29.3 Å². The second-order valence-electron chi connectivity index (χ2n) is 7.35. The van der Waals surface area contributed by atoms with Gasteiger partial charge in [-0.1, -0.05) is 0 Å². The van der Waals surface area contributed by atoms with Gasteiger partial charge in [0, 0.05) is 41.8 Å². The molecule has 3 aromatic heterocycles. The number of aryl methyl sites for hydroxylation is 1. The molecule has 0 saturated heterocycles. The highest BCUT2D eigenvalue weighted by Gasteiger charge is 2.24. The average molecular weight is 405 g/mol. The molecule has 2 bridgehead atoms. The van der Waals surface area contributed by atoms with Crippen LogP contribution in [0.4, 0.5) is 10.2 Å². The molecule has 1 aliphatic rings. The van der Waals surface area contributed by atoms with E-state index in [9.17, 15) is 4.39 Å². The third-order valence-electron chi connectivity index (χ3n) is 5.45. The molecular formula is C21H20FN7O. The van der Waals surface area contributed by atoms with Gasteiger partial charge in [-0.05, 0) is 32.0 Å². The number of fused-ring (bicyclic) bond motifs is 7. The Morgan fingerprint density at radius 3 is 2.93 bits per heavy atom. The minimum atomic E-state index is -0.526. The number of nitrogen functional groups attached to an aromatic ring is 1. The molecule has 0 aliphatic carbocycles. The van der Waals surface area contributed by atoms with Gasteiger partial charge in [-0.15, -0.1) is 0 Å². The second kappa shape index (κ2) is 6.65. The van der Waals surface area contributed by atoms with Crippen LogP contribution in [-0.2, 0) is 13.6 Å². The number of hydrogen-bond acceptors (Lipinski definition) is 6. The summed E-state index contributed by atoms with van der Waals surface area (Å²) in [5.74, 6) is 0.723. The first-order valence-corrected chi connectivity index (χ1v) is 9.55. The van der Waals surface area contributed by atoms with Crippen LogP contribution in [0.1, 0.15) is 30.0 Å². The second-order valence-corrected chi connectivity index (χ2v) is 7.35. The highest BCUT2D eigenvalue weighted by molar-refractivity contribution is 5.67. The molecular weight excluding hydrogens is 385 g/mol. The summed E-state index contributed by atoms with van der Waals surface area (Å²) >= 11 is 0. The van der Waals surface area contributed by atoms with Crippen molar-refractivity contribution in [2.45, 2.75) is 26.5 Å². The van der Waals surface area contributed by atoms with Crippen molar-refractivity contribution >= 4 is 5.82 Å². The number of halogens is 1. The van der Waals surface area contributed by atoms with Gasteiger partial charge in [0.1, 0.15) is 17.7 Å². The third kappa shape index (κ3) is 2.81. The Kier molecular flexibility index (Phi) is 4.05. The van der Waals surface area contributed by atoms with Crippen LogP contribution in [0.25, 0.3) is 22.6 Å². The van der Waals surface area contributed by atoms with E-state index in [-0.39, 0.29) is 17.5 Å². The predicted octanol–water partition coefficient (Wildman–Crippen LogP) is 3.27. The number of ether oxygens (including phenoxy) is 1. The lowest BCUT2D eigenvalue weighted by Gasteiger charge is -2.20. The number of anilines is 1. The molecule has 4 heterocycles. The highest BCUT2D eigenvalue weighted by atomic mass is 19.1. The van der Waals surface area contributed by atoms with Gasteiger partial charge in [-0.25, -0.2) is 19.3 Å². The van der Waals surface area contributed by atoms with Gasteiger partial charge in [0.2, 0.25) is 0 Å². The van der Waals surface area contributed by atoms with E-state index in [2.05, 4.69) is 20.1 Å².